The maximum Gasteiger partial charge on any atom is 0.319 e. The van der Waals surface area contributed by atoms with Crippen molar-refractivity contribution in [3.05, 3.63) is 82.4 Å². The van der Waals surface area contributed by atoms with Crippen LogP contribution < -0.4 is 25.4 Å². The summed E-state index contributed by atoms with van der Waals surface area (Å²) in [5.41, 5.74) is 4.78. The van der Waals surface area contributed by atoms with E-state index < -0.39 is 0 Å². The molecule has 0 bridgehead atoms. The Bertz CT molecular complexity index is 1250. The standard InChI is InChI=1S/C27H28Cl2N4O3/c1-35-24-14-22-18(12-17-6-8-20(9-7-17)33-27(34)30-11-10-28)16-31-26(23(22)15-25(24)36-2)32-21-5-3-4-19(29)13-21/h3-9,13-15,18H,10-12,16H2,1-2H3,(H,31,32)(H2,30,33,34). The number of amidine groups is 1. The molecule has 3 N–H and O–H groups in total. The first-order chi connectivity index (χ1) is 17.5. The van der Waals surface area contributed by atoms with E-state index >= 15 is 0 Å². The average Bonchev–Trinajstić information content (AvgIpc) is 2.89. The van der Waals surface area contributed by atoms with E-state index in [4.69, 9.17) is 37.7 Å². The number of nitrogens with zero attached hydrogens (tertiary/aromatic N) is 1. The van der Waals surface area contributed by atoms with Crippen molar-refractivity contribution in [3.8, 4) is 11.5 Å². The Balaban J connectivity index is 1.57. The summed E-state index contributed by atoms with van der Waals surface area (Å²) in [6, 6.07) is 19.1. The summed E-state index contributed by atoms with van der Waals surface area (Å²) in [5, 5.41) is 9.55. The number of urea groups is 1. The predicted octanol–water partition coefficient (Wildman–Crippen LogP) is 5.92. The number of rotatable bonds is 8. The largest absolute Gasteiger partial charge is 0.493 e. The third-order valence-electron chi connectivity index (χ3n) is 5.88. The number of benzene rings is 3. The van der Waals surface area contributed by atoms with Crippen molar-refractivity contribution in [3.63, 3.8) is 0 Å². The maximum absolute atomic E-state index is 11.9. The van der Waals surface area contributed by atoms with Gasteiger partial charge in [-0.3, -0.25) is 4.99 Å². The van der Waals surface area contributed by atoms with Crippen LogP contribution in [0, 0.1) is 0 Å². The van der Waals surface area contributed by atoms with Gasteiger partial charge in [-0.15, -0.1) is 11.6 Å². The average molecular weight is 527 g/mol. The van der Waals surface area contributed by atoms with E-state index in [2.05, 4.69) is 16.0 Å². The molecule has 0 radical (unpaired) electrons. The number of carbonyl (C=O) groups excluding carboxylic acids is 1. The number of ether oxygens (including phenoxy) is 2. The third kappa shape index (κ3) is 6.22. The first-order valence-corrected chi connectivity index (χ1v) is 12.4. The van der Waals surface area contributed by atoms with E-state index in [9.17, 15) is 4.79 Å². The number of fused-ring (bicyclic) bond motifs is 1. The van der Waals surface area contributed by atoms with E-state index in [1.165, 1.54) is 0 Å². The van der Waals surface area contributed by atoms with Gasteiger partial charge in [0.15, 0.2) is 11.5 Å². The number of carbonyl (C=O) groups is 1. The van der Waals surface area contributed by atoms with E-state index in [1.807, 2.05) is 60.7 Å². The first kappa shape index (κ1) is 25.7. The summed E-state index contributed by atoms with van der Waals surface area (Å²) in [4.78, 5) is 16.8. The molecule has 0 fully saturated rings. The number of hydrogen-bond donors (Lipinski definition) is 3. The van der Waals surface area contributed by atoms with Gasteiger partial charge in [-0.25, -0.2) is 4.79 Å². The lowest BCUT2D eigenvalue weighted by Gasteiger charge is -2.27. The van der Waals surface area contributed by atoms with Crippen molar-refractivity contribution in [2.45, 2.75) is 12.3 Å². The highest BCUT2D eigenvalue weighted by molar-refractivity contribution is 6.31. The molecule has 2 amide bonds. The van der Waals surface area contributed by atoms with Crippen molar-refractivity contribution >= 4 is 46.4 Å². The maximum atomic E-state index is 11.9. The van der Waals surface area contributed by atoms with Gasteiger partial charge in [0, 0.05) is 46.8 Å². The second-order valence-corrected chi connectivity index (χ2v) is 9.10. The van der Waals surface area contributed by atoms with Gasteiger partial charge in [-0.1, -0.05) is 29.8 Å². The van der Waals surface area contributed by atoms with Crippen LogP contribution in [0.4, 0.5) is 16.2 Å². The van der Waals surface area contributed by atoms with Gasteiger partial charge < -0.3 is 25.4 Å². The number of halogens is 2. The molecule has 7 nitrogen and oxygen atoms in total. The Morgan fingerprint density at radius 2 is 1.78 bits per heavy atom. The SMILES string of the molecule is COc1cc2c(cc1OC)C(Cc1ccc(NC(=O)NCCCl)cc1)CN=C2Nc1cccc(Cl)c1. The third-order valence-corrected chi connectivity index (χ3v) is 6.31. The Hall–Kier alpha value is -3.42. The molecule has 0 saturated heterocycles. The predicted molar refractivity (Wildman–Crippen MR) is 147 cm³/mol. The molecule has 188 valence electrons. The molecule has 4 rings (SSSR count). The quantitative estimate of drug-likeness (QED) is 0.318. The molecule has 3 aromatic carbocycles. The zero-order valence-corrected chi connectivity index (χ0v) is 21.6. The minimum atomic E-state index is -0.278. The van der Waals surface area contributed by atoms with E-state index in [-0.39, 0.29) is 11.9 Å². The van der Waals surface area contributed by atoms with Gasteiger partial charge in [0.25, 0.3) is 0 Å². The van der Waals surface area contributed by atoms with Crippen molar-refractivity contribution < 1.29 is 14.3 Å². The molecule has 0 aromatic heterocycles. The van der Waals surface area contributed by atoms with E-state index in [0.29, 0.717) is 41.2 Å². The lowest BCUT2D eigenvalue weighted by Crippen LogP contribution is -2.30. The van der Waals surface area contributed by atoms with Crippen LogP contribution >= 0.6 is 23.2 Å². The lowest BCUT2D eigenvalue weighted by molar-refractivity contribution is 0.252. The Morgan fingerprint density at radius 3 is 2.47 bits per heavy atom. The summed E-state index contributed by atoms with van der Waals surface area (Å²) < 4.78 is 11.2. The van der Waals surface area contributed by atoms with Crippen molar-refractivity contribution in [2.75, 3.05) is 43.8 Å². The van der Waals surface area contributed by atoms with Gasteiger partial charge in [-0.05, 0) is 60.0 Å². The van der Waals surface area contributed by atoms with Gasteiger partial charge in [0.2, 0.25) is 0 Å². The zero-order valence-electron chi connectivity index (χ0n) is 20.1. The fraction of sp³-hybridized carbons (Fsp3) is 0.259. The minimum Gasteiger partial charge on any atom is -0.493 e. The summed E-state index contributed by atoms with van der Waals surface area (Å²) in [5.74, 6) is 2.57. The monoisotopic (exact) mass is 526 g/mol. The molecule has 1 atom stereocenters. The lowest BCUT2D eigenvalue weighted by atomic mass is 9.86. The van der Waals surface area contributed by atoms with Crippen molar-refractivity contribution in [1.82, 2.24) is 5.32 Å². The van der Waals surface area contributed by atoms with E-state index in [1.54, 1.807) is 14.2 Å². The van der Waals surface area contributed by atoms with Crippen LogP contribution in [-0.4, -0.2) is 45.1 Å². The molecule has 3 aromatic rings. The zero-order chi connectivity index (χ0) is 25.5. The fourth-order valence-corrected chi connectivity index (χ4v) is 4.44. The second-order valence-electron chi connectivity index (χ2n) is 8.29. The second kappa shape index (κ2) is 12.0. The van der Waals surface area contributed by atoms with Gasteiger partial charge in [0.05, 0.1) is 14.2 Å². The minimum absolute atomic E-state index is 0.135. The Kier molecular flexibility index (Phi) is 8.57. The molecule has 0 aliphatic carbocycles. The summed E-state index contributed by atoms with van der Waals surface area (Å²) in [6.45, 7) is 1.02. The molecular formula is C27H28Cl2N4O3. The van der Waals surface area contributed by atoms with Gasteiger partial charge >= 0.3 is 6.03 Å². The van der Waals surface area contributed by atoms with Crippen LogP contribution in [0.2, 0.25) is 5.02 Å². The van der Waals surface area contributed by atoms with Crippen LogP contribution in [0.1, 0.15) is 22.6 Å². The number of hydrogen-bond acceptors (Lipinski definition) is 5. The number of amides is 2. The molecule has 36 heavy (non-hydrogen) atoms. The van der Waals surface area contributed by atoms with E-state index in [0.717, 1.165) is 34.6 Å². The van der Waals surface area contributed by atoms with Crippen LogP contribution in [0.15, 0.2) is 65.7 Å². The van der Waals surface area contributed by atoms with Gasteiger partial charge in [0.1, 0.15) is 5.84 Å². The summed E-state index contributed by atoms with van der Waals surface area (Å²) >= 11 is 11.8. The van der Waals surface area contributed by atoms with Gasteiger partial charge in [-0.2, -0.15) is 0 Å². The number of anilines is 2. The normalized spacial score (nSPS) is 14.3. The molecule has 0 spiro atoms. The molecule has 1 aliphatic rings. The smallest absolute Gasteiger partial charge is 0.319 e. The van der Waals surface area contributed by atoms with Crippen LogP contribution in [0.3, 0.4) is 0 Å². The van der Waals surface area contributed by atoms with Crippen molar-refractivity contribution in [2.24, 2.45) is 4.99 Å². The van der Waals surface area contributed by atoms with Crippen LogP contribution in [0.25, 0.3) is 0 Å². The number of aliphatic imine (C=N–C) groups is 1. The van der Waals surface area contributed by atoms with Crippen LogP contribution in [-0.2, 0) is 6.42 Å². The highest BCUT2D eigenvalue weighted by Gasteiger charge is 2.26. The summed E-state index contributed by atoms with van der Waals surface area (Å²) in [7, 11) is 3.26. The number of methoxy groups -OCH3 is 2. The molecule has 1 unspecified atom stereocenters. The van der Waals surface area contributed by atoms with Crippen molar-refractivity contribution in [1.29, 1.82) is 0 Å². The topological polar surface area (TPSA) is 84.0 Å². The highest BCUT2D eigenvalue weighted by Crippen LogP contribution is 2.38. The Labute approximate surface area is 220 Å². The molecule has 0 saturated carbocycles. The highest BCUT2D eigenvalue weighted by atomic mass is 35.5. The fourth-order valence-electron chi connectivity index (χ4n) is 4.15. The Morgan fingerprint density at radius 1 is 1.03 bits per heavy atom. The number of nitrogens with one attached hydrogen (secondary N) is 3. The molecule has 9 heteroatoms. The van der Waals surface area contributed by atoms with Crippen LogP contribution in [0.5, 0.6) is 11.5 Å². The molecule has 1 heterocycles. The molecular weight excluding hydrogens is 499 g/mol. The number of alkyl halides is 1. The molecule has 1 aliphatic heterocycles. The summed E-state index contributed by atoms with van der Waals surface area (Å²) in [6.07, 6.45) is 0.773. The first-order valence-electron chi connectivity index (χ1n) is 11.5.